The number of amides is 1. The van der Waals surface area contributed by atoms with Crippen LogP contribution >= 0.6 is 0 Å². The topological polar surface area (TPSA) is 75.0 Å². The van der Waals surface area contributed by atoms with E-state index in [2.05, 4.69) is 10.2 Å². The lowest BCUT2D eigenvalue weighted by atomic mass is 10.1. The van der Waals surface area contributed by atoms with Crippen LogP contribution in [0.25, 0.3) is 0 Å². The van der Waals surface area contributed by atoms with Gasteiger partial charge in [-0.25, -0.2) is 0 Å². The van der Waals surface area contributed by atoms with Gasteiger partial charge >= 0.3 is 0 Å². The van der Waals surface area contributed by atoms with Crippen LogP contribution in [-0.2, 0) is 0 Å². The Hall–Kier alpha value is -1.36. The molecule has 5 nitrogen and oxygen atoms in total. The molecule has 0 saturated carbocycles. The number of nitrogens with zero attached hydrogens (tertiary/aromatic N) is 2. The number of carbonyl (C=O) groups excluding carboxylic acids is 1. The second kappa shape index (κ2) is 2.85. The number of rotatable bonds is 1. The van der Waals surface area contributed by atoms with Crippen LogP contribution in [0.2, 0.25) is 0 Å². The minimum atomic E-state index is -0.00306. The van der Waals surface area contributed by atoms with Gasteiger partial charge in [0.15, 0.2) is 0 Å². The van der Waals surface area contributed by atoms with Gasteiger partial charge in [-0.15, -0.1) is 0 Å². The van der Waals surface area contributed by atoms with E-state index in [1.807, 2.05) is 6.92 Å². The predicted octanol–water partition coefficient (Wildman–Crippen LogP) is -0.499. The molecule has 1 aliphatic heterocycles. The first-order chi connectivity index (χ1) is 6.18. The van der Waals surface area contributed by atoms with E-state index in [0.29, 0.717) is 18.8 Å². The van der Waals surface area contributed by atoms with Crippen molar-refractivity contribution in [3.8, 4) is 0 Å². The third kappa shape index (κ3) is 1.31. The molecular weight excluding hydrogens is 168 g/mol. The van der Waals surface area contributed by atoms with Gasteiger partial charge in [0.05, 0.1) is 6.20 Å². The molecule has 1 aromatic heterocycles. The zero-order chi connectivity index (χ0) is 9.42. The molecule has 70 valence electrons. The van der Waals surface area contributed by atoms with Crippen LogP contribution in [0.5, 0.6) is 0 Å². The van der Waals surface area contributed by atoms with Gasteiger partial charge in [0.1, 0.15) is 5.69 Å². The van der Waals surface area contributed by atoms with E-state index in [9.17, 15) is 4.79 Å². The smallest absolute Gasteiger partial charge is 0.272 e. The standard InChI is InChI=1S/C8H12N4O/c1-5-2-10-11-7(5)8(13)12-3-6(9)4-12/h2,6H,3-4,9H2,1H3,(H,10,11). The first-order valence-corrected chi connectivity index (χ1v) is 4.23. The zero-order valence-electron chi connectivity index (χ0n) is 7.45. The van der Waals surface area contributed by atoms with Gasteiger partial charge < -0.3 is 10.6 Å². The fraction of sp³-hybridized carbons (Fsp3) is 0.500. The van der Waals surface area contributed by atoms with Gasteiger partial charge in [0.2, 0.25) is 0 Å². The first-order valence-electron chi connectivity index (χ1n) is 4.23. The summed E-state index contributed by atoms with van der Waals surface area (Å²) in [7, 11) is 0. The molecule has 5 heteroatoms. The molecule has 0 bridgehead atoms. The molecule has 1 saturated heterocycles. The third-order valence-electron chi connectivity index (χ3n) is 2.24. The fourth-order valence-electron chi connectivity index (χ4n) is 1.40. The van der Waals surface area contributed by atoms with E-state index >= 15 is 0 Å². The van der Waals surface area contributed by atoms with E-state index in [1.54, 1.807) is 11.1 Å². The van der Waals surface area contributed by atoms with Crippen molar-refractivity contribution in [2.24, 2.45) is 5.73 Å². The number of carbonyl (C=O) groups is 1. The van der Waals surface area contributed by atoms with Crippen molar-refractivity contribution in [3.05, 3.63) is 17.5 Å². The van der Waals surface area contributed by atoms with E-state index in [4.69, 9.17) is 5.73 Å². The third-order valence-corrected chi connectivity index (χ3v) is 2.24. The molecule has 0 atom stereocenters. The lowest BCUT2D eigenvalue weighted by Gasteiger charge is -2.36. The van der Waals surface area contributed by atoms with Crippen LogP contribution in [0.3, 0.4) is 0 Å². The number of aromatic amines is 1. The number of likely N-dealkylation sites (tertiary alicyclic amines) is 1. The van der Waals surface area contributed by atoms with Crippen LogP contribution in [0.1, 0.15) is 16.1 Å². The second-order valence-corrected chi connectivity index (χ2v) is 3.40. The van der Waals surface area contributed by atoms with E-state index in [-0.39, 0.29) is 11.9 Å². The van der Waals surface area contributed by atoms with Crippen LogP contribution < -0.4 is 5.73 Å². The maximum atomic E-state index is 11.7. The second-order valence-electron chi connectivity index (χ2n) is 3.40. The number of aromatic nitrogens is 2. The summed E-state index contributed by atoms with van der Waals surface area (Å²) in [5, 5.41) is 6.49. The summed E-state index contributed by atoms with van der Waals surface area (Å²) in [5.41, 5.74) is 7.03. The van der Waals surface area contributed by atoms with Crippen molar-refractivity contribution < 1.29 is 4.79 Å². The number of nitrogens with two attached hydrogens (primary N) is 1. The van der Waals surface area contributed by atoms with Gasteiger partial charge in [-0.2, -0.15) is 5.10 Å². The fourth-order valence-corrected chi connectivity index (χ4v) is 1.40. The molecule has 0 unspecified atom stereocenters. The Morgan fingerprint density at radius 1 is 1.77 bits per heavy atom. The van der Waals surface area contributed by atoms with Crippen molar-refractivity contribution >= 4 is 5.91 Å². The highest BCUT2D eigenvalue weighted by atomic mass is 16.2. The van der Waals surface area contributed by atoms with Gasteiger partial charge in [-0.1, -0.05) is 0 Å². The Morgan fingerprint density at radius 3 is 2.92 bits per heavy atom. The van der Waals surface area contributed by atoms with Crippen molar-refractivity contribution in [1.29, 1.82) is 0 Å². The Morgan fingerprint density at radius 2 is 2.46 bits per heavy atom. The largest absolute Gasteiger partial charge is 0.334 e. The molecule has 0 aromatic carbocycles. The SMILES string of the molecule is Cc1cn[nH]c1C(=O)N1CC(N)C1. The Balaban J connectivity index is 2.10. The average molecular weight is 180 g/mol. The van der Waals surface area contributed by atoms with Gasteiger partial charge in [-0.3, -0.25) is 9.89 Å². The molecule has 3 N–H and O–H groups in total. The van der Waals surface area contributed by atoms with Crippen molar-refractivity contribution in [3.63, 3.8) is 0 Å². The summed E-state index contributed by atoms with van der Waals surface area (Å²) in [6, 6.07) is 0.146. The zero-order valence-corrected chi connectivity index (χ0v) is 7.45. The summed E-state index contributed by atoms with van der Waals surface area (Å²) in [5.74, 6) is -0.00306. The van der Waals surface area contributed by atoms with Crippen LogP contribution in [-0.4, -0.2) is 40.1 Å². The summed E-state index contributed by atoms with van der Waals surface area (Å²) < 4.78 is 0. The van der Waals surface area contributed by atoms with Crippen molar-refractivity contribution in [2.75, 3.05) is 13.1 Å². The molecule has 2 heterocycles. The van der Waals surface area contributed by atoms with Crippen LogP contribution in [0, 0.1) is 6.92 Å². The molecule has 13 heavy (non-hydrogen) atoms. The van der Waals surface area contributed by atoms with Crippen molar-refractivity contribution in [2.45, 2.75) is 13.0 Å². The molecule has 1 amide bonds. The van der Waals surface area contributed by atoms with Gasteiger partial charge in [0, 0.05) is 19.1 Å². The highest BCUT2D eigenvalue weighted by molar-refractivity contribution is 5.94. The Kier molecular flexibility index (Phi) is 1.81. The number of aryl methyl sites for hydroxylation is 1. The molecule has 1 aliphatic rings. The Bertz CT molecular complexity index is 327. The van der Waals surface area contributed by atoms with E-state index in [1.165, 1.54) is 0 Å². The quantitative estimate of drug-likeness (QED) is 0.612. The molecule has 0 spiro atoms. The number of H-pyrrole nitrogens is 1. The minimum Gasteiger partial charge on any atom is -0.334 e. The van der Waals surface area contributed by atoms with E-state index < -0.39 is 0 Å². The minimum absolute atomic E-state index is 0.00306. The highest BCUT2D eigenvalue weighted by Crippen LogP contribution is 2.12. The maximum absolute atomic E-state index is 11.7. The first kappa shape index (κ1) is 8.25. The lowest BCUT2D eigenvalue weighted by molar-refractivity contribution is 0.0601. The average Bonchev–Trinajstić information content (AvgIpc) is 2.44. The molecular formula is C8H12N4O. The normalized spacial score (nSPS) is 17.2. The lowest BCUT2D eigenvalue weighted by Crippen LogP contribution is -2.58. The number of hydrogen-bond donors (Lipinski definition) is 2. The monoisotopic (exact) mass is 180 g/mol. The molecule has 0 radical (unpaired) electrons. The summed E-state index contributed by atoms with van der Waals surface area (Å²) in [4.78, 5) is 13.4. The molecule has 1 fully saturated rings. The van der Waals surface area contributed by atoms with Crippen LogP contribution in [0.15, 0.2) is 6.20 Å². The van der Waals surface area contributed by atoms with Gasteiger partial charge in [0.25, 0.3) is 5.91 Å². The van der Waals surface area contributed by atoms with E-state index in [0.717, 1.165) is 5.56 Å². The molecule has 2 rings (SSSR count). The Labute approximate surface area is 75.9 Å². The maximum Gasteiger partial charge on any atom is 0.272 e. The van der Waals surface area contributed by atoms with Gasteiger partial charge in [-0.05, 0) is 12.5 Å². The number of hydrogen-bond acceptors (Lipinski definition) is 3. The summed E-state index contributed by atoms with van der Waals surface area (Å²) >= 11 is 0. The van der Waals surface area contributed by atoms with Crippen LogP contribution in [0.4, 0.5) is 0 Å². The molecule has 0 aliphatic carbocycles. The number of nitrogens with one attached hydrogen (secondary N) is 1. The highest BCUT2D eigenvalue weighted by Gasteiger charge is 2.29. The summed E-state index contributed by atoms with van der Waals surface area (Å²) in [6.45, 7) is 3.16. The van der Waals surface area contributed by atoms with Crippen molar-refractivity contribution in [1.82, 2.24) is 15.1 Å². The summed E-state index contributed by atoms with van der Waals surface area (Å²) in [6.07, 6.45) is 1.65. The predicted molar refractivity (Wildman–Crippen MR) is 47.2 cm³/mol. The molecule has 1 aromatic rings.